The van der Waals surface area contributed by atoms with Crippen LogP contribution in [0, 0.1) is 0 Å². The van der Waals surface area contributed by atoms with Gasteiger partial charge in [0.15, 0.2) is 5.82 Å². The maximum Gasteiger partial charge on any atom is 0.414 e. The van der Waals surface area contributed by atoms with Crippen molar-refractivity contribution in [2.45, 2.75) is 6.42 Å². The number of hydrogen-bond acceptors (Lipinski definition) is 7. The van der Waals surface area contributed by atoms with Gasteiger partial charge in [0, 0.05) is 24.5 Å². The summed E-state index contributed by atoms with van der Waals surface area (Å²) in [6, 6.07) is 11.5. The number of hydrogen-bond donors (Lipinski definition) is 3. The number of aromatic amines is 1. The van der Waals surface area contributed by atoms with Gasteiger partial charge in [-0.05, 0) is 35.9 Å². The number of aromatic nitrogens is 4. The molecule has 4 aromatic rings. The van der Waals surface area contributed by atoms with E-state index in [2.05, 4.69) is 30.8 Å². The van der Waals surface area contributed by atoms with Crippen LogP contribution in [0.3, 0.4) is 0 Å². The first-order valence-electron chi connectivity index (χ1n) is 9.60. The minimum atomic E-state index is -0.358. The first-order chi connectivity index (χ1) is 15.1. The zero-order chi connectivity index (χ0) is 21.4. The first kappa shape index (κ1) is 19.1. The molecule has 2 aromatic carbocycles. The summed E-state index contributed by atoms with van der Waals surface area (Å²) in [4.78, 5) is 22.2. The summed E-state index contributed by atoms with van der Waals surface area (Å²) in [6.07, 6.45) is 3.55. The Labute approximate surface area is 182 Å². The fourth-order valence-corrected chi connectivity index (χ4v) is 3.62. The Kier molecular flexibility index (Phi) is 4.79. The lowest BCUT2D eigenvalue weighted by Crippen LogP contribution is -2.25. The van der Waals surface area contributed by atoms with Crippen LogP contribution < -0.4 is 15.5 Å². The van der Waals surface area contributed by atoms with Crippen LogP contribution in [0.2, 0.25) is 5.02 Å². The molecule has 31 heavy (non-hydrogen) atoms. The number of cyclic esters (lactones) is 1. The van der Waals surface area contributed by atoms with Gasteiger partial charge in [-0.25, -0.2) is 9.78 Å². The Hall–Kier alpha value is -3.85. The van der Waals surface area contributed by atoms with E-state index in [1.54, 1.807) is 19.4 Å². The summed E-state index contributed by atoms with van der Waals surface area (Å²) >= 11 is 6.33. The molecular formula is C21H18ClN7O2. The lowest BCUT2D eigenvalue weighted by molar-refractivity contribution is 0.159. The minimum absolute atomic E-state index is 0.338. The van der Waals surface area contributed by atoms with E-state index in [9.17, 15) is 4.79 Å². The molecule has 1 aliphatic rings. The molecule has 0 spiro atoms. The van der Waals surface area contributed by atoms with Gasteiger partial charge in [0.25, 0.3) is 0 Å². The molecule has 0 radical (unpaired) electrons. The predicted octanol–water partition coefficient (Wildman–Crippen LogP) is 4.62. The Bertz CT molecular complexity index is 1290. The molecule has 156 valence electrons. The van der Waals surface area contributed by atoms with Gasteiger partial charge >= 0.3 is 6.09 Å². The zero-order valence-electron chi connectivity index (χ0n) is 16.5. The van der Waals surface area contributed by atoms with Crippen LogP contribution in [0.15, 0.2) is 48.8 Å². The van der Waals surface area contributed by atoms with Crippen molar-refractivity contribution in [2.75, 3.05) is 29.2 Å². The lowest BCUT2D eigenvalue weighted by atomic mass is 10.1. The number of halogens is 1. The Morgan fingerprint density at radius 1 is 1.19 bits per heavy atom. The lowest BCUT2D eigenvalue weighted by Gasteiger charge is -2.17. The number of ether oxygens (including phenoxy) is 1. The van der Waals surface area contributed by atoms with Gasteiger partial charge in [0.2, 0.25) is 5.95 Å². The van der Waals surface area contributed by atoms with Crippen LogP contribution in [0.25, 0.3) is 10.9 Å². The van der Waals surface area contributed by atoms with E-state index in [0.717, 1.165) is 33.5 Å². The maximum atomic E-state index is 11.9. The highest BCUT2D eigenvalue weighted by Gasteiger charge is 2.20. The van der Waals surface area contributed by atoms with Crippen molar-refractivity contribution in [3.8, 4) is 0 Å². The number of fused-ring (bicyclic) bond motifs is 2. The highest BCUT2D eigenvalue weighted by Crippen LogP contribution is 2.30. The van der Waals surface area contributed by atoms with Crippen LogP contribution in [-0.2, 0) is 11.2 Å². The van der Waals surface area contributed by atoms with Gasteiger partial charge in [-0.1, -0.05) is 17.7 Å². The summed E-state index contributed by atoms with van der Waals surface area (Å²) in [5.74, 6) is 0.863. The van der Waals surface area contributed by atoms with Gasteiger partial charge in [-0.2, -0.15) is 10.1 Å². The molecule has 3 N–H and O–H groups in total. The molecule has 10 heteroatoms. The topological polar surface area (TPSA) is 108 Å². The Morgan fingerprint density at radius 2 is 2.10 bits per heavy atom. The second-order valence-corrected chi connectivity index (χ2v) is 7.45. The molecule has 0 atom stereocenters. The average molecular weight is 436 g/mol. The van der Waals surface area contributed by atoms with Crippen LogP contribution in [0.1, 0.15) is 5.56 Å². The second-order valence-electron chi connectivity index (χ2n) is 7.04. The smallest absolute Gasteiger partial charge is 0.414 e. The van der Waals surface area contributed by atoms with Crippen molar-refractivity contribution in [3.63, 3.8) is 0 Å². The monoisotopic (exact) mass is 435 g/mol. The highest BCUT2D eigenvalue weighted by molar-refractivity contribution is 6.33. The molecule has 5 rings (SSSR count). The van der Waals surface area contributed by atoms with Gasteiger partial charge < -0.3 is 15.4 Å². The molecule has 0 saturated carbocycles. The van der Waals surface area contributed by atoms with E-state index >= 15 is 0 Å². The number of nitrogens with one attached hydrogen (secondary N) is 3. The first-order valence-corrected chi connectivity index (χ1v) is 9.98. The molecule has 0 unspecified atom stereocenters. The third kappa shape index (κ3) is 3.71. The van der Waals surface area contributed by atoms with Crippen LogP contribution >= 0.6 is 11.6 Å². The van der Waals surface area contributed by atoms with Crippen molar-refractivity contribution >= 4 is 57.4 Å². The molecule has 0 fully saturated rings. The SMILES string of the molecule is CN1C(=O)OCCc2cc(Nc3ncc(Cl)c(Nc4cccc5[nH]ncc45)n3)ccc21. The standard InChI is InChI=1S/C21H18ClN7O2/c1-29-18-6-5-13(9-12(18)7-8-31-21(29)30)25-20-23-11-15(22)19(27-20)26-16-3-2-4-17-14(16)10-24-28-17/h2-6,9-11H,7-8H2,1H3,(H,24,28)(H2,23,25,26,27). The molecule has 9 nitrogen and oxygen atoms in total. The van der Waals surface area contributed by atoms with E-state index in [1.165, 1.54) is 4.90 Å². The Morgan fingerprint density at radius 3 is 3.00 bits per heavy atom. The Balaban J connectivity index is 1.41. The summed E-state index contributed by atoms with van der Waals surface area (Å²) in [5, 5.41) is 14.8. The summed E-state index contributed by atoms with van der Waals surface area (Å²) in [7, 11) is 1.69. The van der Waals surface area contributed by atoms with Gasteiger partial charge in [-0.3, -0.25) is 10.00 Å². The molecule has 3 heterocycles. The van der Waals surface area contributed by atoms with Crippen LogP contribution in [0.4, 0.5) is 33.6 Å². The quantitative estimate of drug-likeness (QED) is 0.429. The van der Waals surface area contributed by atoms with E-state index in [1.807, 2.05) is 36.4 Å². The van der Waals surface area contributed by atoms with E-state index in [0.29, 0.717) is 29.8 Å². The number of carbonyl (C=O) groups excluding carboxylic acids is 1. The fourth-order valence-electron chi connectivity index (χ4n) is 3.48. The van der Waals surface area contributed by atoms with Gasteiger partial charge in [0.1, 0.15) is 5.02 Å². The zero-order valence-corrected chi connectivity index (χ0v) is 17.3. The van der Waals surface area contributed by atoms with Gasteiger partial charge in [0.05, 0.1) is 35.9 Å². The molecular weight excluding hydrogens is 418 g/mol. The van der Waals surface area contributed by atoms with Crippen molar-refractivity contribution < 1.29 is 9.53 Å². The summed E-state index contributed by atoms with van der Waals surface area (Å²) in [5.41, 5.74) is 4.35. The summed E-state index contributed by atoms with van der Waals surface area (Å²) in [6.45, 7) is 0.338. The summed E-state index contributed by atoms with van der Waals surface area (Å²) < 4.78 is 5.18. The molecule has 0 bridgehead atoms. The fraction of sp³-hybridized carbons (Fsp3) is 0.143. The van der Waals surface area contributed by atoms with E-state index in [4.69, 9.17) is 16.3 Å². The van der Waals surface area contributed by atoms with Crippen molar-refractivity contribution in [1.82, 2.24) is 20.2 Å². The predicted molar refractivity (Wildman–Crippen MR) is 120 cm³/mol. The average Bonchev–Trinajstić information content (AvgIpc) is 3.20. The van der Waals surface area contributed by atoms with Crippen molar-refractivity contribution in [2.24, 2.45) is 0 Å². The number of amides is 1. The van der Waals surface area contributed by atoms with Gasteiger partial charge in [-0.15, -0.1) is 0 Å². The highest BCUT2D eigenvalue weighted by atomic mass is 35.5. The van der Waals surface area contributed by atoms with Crippen molar-refractivity contribution in [1.29, 1.82) is 0 Å². The number of benzene rings is 2. The minimum Gasteiger partial charge on any atom is -0.449 e. The van der Waals surface area contributed by atoms with E-state index < -0.39 is 0 Å². The van der Waals surface area contributed by atoms with Crippen LogP contribution in [0.5, 0.6) is 0 Å². The maximum absolute atomic E-state index is 11.9. The third-order valence-corrected chi connectivity index (χ3v) is 5.33. The number of nitrogens with zero attached hydrogens (tertiary/aromatic N) is 4. The second kappa shape index (κ2) is 7.77. The largest absolute Gasteiger partial charge is 0.449 e. The molecule has 2 aromatic heterocycles. The molecule has 0 saturated heterocycles. The number of anilines is 5. The molecule has 1 amide bonds. The third-order valence-electron chi connectivity index (χ3n) is 5.05. The van der Waals surface area contributed by atoms with E-state index in [-0.39, 0.29) is 6.09 Å². The molecule has 0 aliphatic carbocycles. The van der Waals surface area contributed by atoms with Crippen molar-refractivity contribution in [3.05, 3.63) is 59.4 Å². The molecule has 1 aliphatic heterocycles. The van der Waals surface area contributed by atoms with Crippen LogP contribution in [-0.4, -0.2) is 39.9 Å². The number of carbonyl (C=O) groups is 1. The normalized spacial score (nSPS) is 13.5. The number of H-pyrrole nitrogens is 1. The number of rotatable bonds is 4.